The summed E-state index contributed by atoms with van der Waals surface area (Å²) in [7, 11) is 0. The first kappa shape index (κ1) is 10.8. The van der Waals surface area contributed by atoms with Gasteiger partial charge >= 0.3 is 0 Å². The lowest BCUT2D eigenvalue weighted by Crippen LogP contribution is -2.28. The van der Waals surface area contributed by atoms with E-state index in [0.29, 0.717) is 11.5 Å². The van der Waals surface area contributed by atoms with Gasteiger partial charge in [-0.25, -0.2) is 4.98 Å². The molecule has 0 fully saturated rings. The largest absolute Gasteiger partial charge is 0.467 e. The normalized spacial score (nSPS) is 12.3. The second-order valence-corrected chi connectivity index (χ2v) is 3.83. The van der Waals surface area contributed by atoms with E-state index >= 15 is 0 Å². The average Bonchev–Trinajstić information content (AvgIpc) is 2.95. The number of nitrogens with zero attached hydrogens (tertiary/aromatic N) is 1. The summed E-state index contributed by atoms with van der Waals surface area (Å²) in [6.45, 7) is 0.101. The molecule has 0 spiro atoms. The maximum absolute atomic E-state index is 11.5. The summed E-state index contributed by atoms with van der Waals surface area (Å²) in [6, 6.07) is 3.33. The number of amides is 1. The molecule has 5 nitrogen and oxygen atoms in total. The van der Waals surface area contributed by atoms with Crippen LogP contribution in [-0.2, 0) is 0 Å². The Bertz CT molecular complexity index is 439. The quantitative estimate of drug-likeness (QED) is 0.839. The summed E-state index contributed by atoms with van der Waals surface area (Å²) in [5.74, 6) is 0.130. The predicted molar refractivity (Wildman–Crippen MR) is 58.1 cm³/mol. The molecule has 1 unspecified atom stereocenters. The van der Waals surface area contributed by atoms with E-state index < -0.39 is 6.10 Å². The van der Waals surface area contributed by atoms with E-state index in [1.165, 1.54) is 17.6 Å². The van der Waals surface area contributed by atoms with E-state index in [1.54, 1.807) is 23.0 Å². The molecule has 0 bridgehead atoms. The van der Waals surface area contributed by atoms with Crippen molar-refractivity contribution in [3.8, 4) is 0 Å². The summed E-state index contributed by atoms with van der Waals surface area (Å²) in [5, 5.41) is 13.8. The molecule has 0 saturated heterocycles. The Labute approximate surface area is 95.7 Å². The zero-order chi connectivity index (χ0) is 11.4. The van der Waals surface area contributed by atoms with E-state index in [1.807, 2.05) is 0 Å². The number of hydrogen-bond donors (Lipinski definition) is 2. The zero-order valence-corrected chi connectivity index (χ0v) is 9.11. The van der Waals surface area contributed by atoms with E-state index in [4.69, 9.17) is 4.42 Å². The minimum Gasteiger partial charge on any atom is -0.467 e. The van der Waals surface area contributed by atoms with Gasteiger partial charge in [-0.1, -0.05) is 0 Å². The minimum absolute atomic E-state index is 0.101. The van der Waals surface area contributed by atoms with Gasteiger partial charge in [-0.05, 0) is 12.1 Å². The van der Waals surface area contributed by atoms with Gasteiger partial charge in [-0.3, -0.25) is 4.79 Å². The first-order chi connectivity index (χ1) is 7.77. The first-order valence-corrected chi connectivity index (χ1v) is 5.59. The van der Waals surface area contributed by atoms with Gasteiger partial charge < -0.3 is 14.8 Å². The molecule has 1 atom stereocenters. The molecule has 2 aromatic heterocycles. The molecule has 2 rings (SSSR count). The molecule has 2 N–H and O–H groups in total. The van der Waals surface area contributed by atoms with Crippen molar-refractivity contribution in [3.05, 3.63) is 40.7 Å². The van der Waals surface area contributed by atoms with E-state index in [-0.39, 0.29) is 12.5 Å². The maximum atomic E-state index is 11.5. The van der Waals surface area contributed by atoms with Crippen LogP contribution in [0.3, 0.4) is 0 Å². The Morgan fingerprint density at radius 2 is 2.56 bits per heavy atom. The molecule has 0 aliphatic heterocycles. The highest BCUT2D eigenvalue weighted by atomic mass is 32.1. The fraction of sp³-hybridized carbons (Fsp3) is 0.200. The molecule has 16 heavy (non-hydrogen) atoms. The van der Waals surface area contributed by atoms with E-state index in [2.05, 4.69) is 10.3 Å². The Morgan fingerprint density at radius 1 is 1.69 bits per heavy atom. The third-order valence-corrected chi connectivity index (χ3v) is 2.58. The second kappa shape index (κ2) is 4.91. The number of thiazole rings is 1. The Kier molecular flexibility index (Phi) is 3.33. The molecule has 0 saturated carbocycles. The number of carbonyl (C=O) groups is 1. The summed E-state index contributed by atoms with van der Waals surface area (Å²) in [4.78, 5) is 15.3. The van der Waals surface area contributed by atoms with Gasteiger partial charge in [0.15, 0.2) is 0 Å². The number of rotatable bonds is 4. The lowest BCUT2D eigenvalue weighted by molar-refractivity contribution is 0.0897. The van der Waals surface area contributed by atoms with Crippen LogP contribution in [-0.4, -0.2) is 22.5 Å². The molecule has 84 valence electrons. The predicted octanol–water partition coefficient (Wildman–Crippen LogP) is 1.20. The molecule has 0 radical (unpaired) electrons. The SMILES string of the molecule is O=C(NCC(O)c1ccco1)c1cscn1. The van der Waals surface area contributed by atoms with Gasteiger partial charge in [0, 0.05) is 5.38 Å². The summed E-state index contributed by atoms with van der Waals surface area (Å²) < 4.78 is 5.00. The van der Waals surface area contributed by atoms with Crippen molar-refractivity contribution in [1.82, 2.24) is 10.3 Å². The number of aliphatic hydroxyl groups is 1. The molecule has 6 heteroatoms. The van der Waals surface area contributed by atoms with Crippen LogP contribution >= 0.6 is 11.3 Å². The van der Waals surface area contributed by atoms with Crippen molar-refractivity contribution in [2.75, 3.05) is 6.54 Å². The van der Waals surface area contributed by atoms with Crippen molar-refractivity contribution in [2.45, 2.75) is 6.10 Å². The number of carbonyl (C=O) groups excluding carboxylic acids is 1. The third-order valence-electron chi connectivity index (χ3n) is 1.99. The van der Waals surface area contributed by atoms with Crippen molar-refractivity contribution >= 4 is 17.2 Å². The van der Waals surface area contributed by atoms with Gasteiger partial charge in [0.1, 0.15) is 17.6 Å². The van der Waals surface area contributed by atoms with Crippen molar-refractivity contribution in [2.24, 2.45) is 0 Å². The highest BCUT2D eigenvalue weighted by molar-refractivity contribution is 7.07. The lowest BCUT2D eigenvalue weighted by atomic mass is 10.2. The fourth-order valence-electron chi connectivity index (χ4n) is 1.19. The molecule has 1 amide bonds. The maximum Gasteiger partial charge on any atom is 0.270 e. The number of nitrogens with one attached hydrogen (secondary N) is 1. The van der Waals surface area contributed by atoms with Crippen LogP contribution in [0.1, 0.15) is 22.4 Å². The number of aromatic nitrogens is 1. The van der Waals surface area contributed by atoms with Crippen molar-refractivity contribution in [3.63, 3.8) is 0 Å². The number of aliphatic hydroxyl groups excluding tert-OH is 1. The zero-order valence-electron chi connectivity index (χ0n) is 8.29. The lowest BCUT2D eigenvalue weighted by Gasteiger charge is -2.08. The van der Waals surface area contributed by atoms with Crippen LogP contribution in [0.15, 0.2) is 33.7 Å². The van der Waals surface area contributed by atoms with Crippen LogP contribution in [0.25, 0.3) is 0 Å². The Morgan fingerprint density at radius 3 is 3.19 bits per heavy atom. The molecule has 0 aliphatic rings. The van der Waals surface area contributed by atoms with Gasteiger partial charge in [0.05, 0.1) is 18.3 Å². The van der Waals surface area contributed by atoms with Gasteiger partial charge in [0.25, 0.3) is 5.91 Å². The molecule has 2 aromatic rings. The van der Waals surface area contributed by atoms with Crippen molar-refractivity contribution in [1.29, 1.82) is 0 Å². The molecular formula is C10H10N2O3S. The van der Waals surface area contributed by atoms with Crippen molar-refractivity contribution < 1.29 is 14.3 Å². The first-order valence-electron chi connectivity index (χ1n) is 4.65. The van der Waals surface area contributed by atoms with E-state index in [9.17, 15) is 9.90 Å². The molecule has 0 aromatic carbocycles. The minimum atomic E-state index is -0.836. The smallest absolute Gasteiger partial charge is 0.270 e. The average molecular weight is 238 g/mol. The summed E-state index contributed by atoms with van der Waals surface area (Å²) in [5.41, 5.74) is 1.94. The van der Waals surface area contributed by atoms with E-state index in [0.717, 1.165) is 0 Å². The highest BCUT2D eigenvalue weighted by Crippen LogP contribution is 2.11. The van der Waals surface area contributed by atoms with Gasteiger partial charge in [0.2, 0.25) is 0 Å². The van der Waals surface area contributed by atoms with Gasteiger partial charge in [-0.2, -0.15) is 0 Å². The molecular weight excluding hydrogens is 228 g/mol. The Hall–Kier alpha value is -1.66. The topological polar surface area (TPSA) is 75.4 Å². The van der Waals surface area contributed by atoms with Crippen LogP contribution in [0.4, 0.5) is 0 Å². The number of hydrogen-bond acceptors (Lipinski definition) is 5. The van der Waals surface area contributed by atoms with Gasteiger partial charge in [-0.15, -0.1) is 11.3 Å². The van der Waals surface area contributed by atoms with Crippen LogP contribution in [0, 0.1) is 0 Å². The number of furan rings is 1. The van der Waals surface area contributed by atoms with Crippen LogP contribution in [0.5, 0.6) is 0 Å². The highest BCUT2D eigenvalue weighted by Gasteiger charge is 2.13. The fourth-order valence-corrected chi connectivity index (χ4v) is 1.72. The molecule has 0 aliphatic carbocycles. The monoisotopic (exact) mass is 238 g/mol. The third kappa shape index (κ3) is 2.47. The summed E-state index contributed by atoms with van der Waals surface area (Å²) in [6.07, 6.45) is 0.637. The molecule has 2 heterocycles. The Balaban J connectivity index is 1.86. The van der Waals surface area contributed by atoms with Crippen LogP contribution < -0.4 is 5.32 Å². The summed E-state index contributed by atoms with van der Waals surface area (Å²) >= 11 is 1.35. The standard InChI is InChI=1S/C10H10N2O3S/c13-8(9-2-1-3-15-9)4-11-10(14)7-5-16-6-12-7/h1-3,5-6,8,13H,4H2,(H,11,14). The van der Waals surface area contributed by atoms with Crippen LogP contribution in [0.2, 0.25) is 0 Å². The second-order valence-electron chi connectivity index (χ2n) is 3.11.